The third-order valence-electron chi connectivity index (χ3n) is 13.5. The Labute approximate surface area is 394 Å². The fraction of sp³-hybridized carbons (Fsp3) is 0.0312. The van der Waals surface area contributed by atoms with Gasteiger partial charge in [-0.25, -0.2) is 0 Å². The Morgan fingerprint density at radius 3 is 1.10 bits per heavy atom. The topological polar surface area (TPSA) is 32.8 Å². The van der Waals surface area contributed by atoms with Crippen LogP contribution in [0.5, 0.6) is 0 Å². The number of aryl methyl sites for hydroxylation is 2. The van der Waals surface area contributed by atoms with Crippen LogP contribution in [0.25, 0.3) is 87.7 Å². The zero-order valence-corrected chi connectivity index (χ0v) is 37.7. The van der Waals surface area contributed by atoms with Gasteiger partial charge >= 0.3 is 0 Å². The quantitative estimate of drug-likeness (QED) is 0.152. The second kappa shape index (κ2) is 15.9. The van der Waals surface area contributed by atoms with E-state index in [-0.39, 0.29) is 0 Å². The maximum atomic E-state index is 6.85. The number of hydrogen-bond acceptors (Lipinski definition) is 4. The van der Waals surface area contributed by atoms with Gasteiger partial charge in [0.15, 0.2) is 11.2 Å². The summed E-state index contributed by atoms with van der Waals surface area (Å²) in [7, 11) is 0. The van der Waals surface area contributed by atoms with Gasteiger partial charge in [0.1, 0.15) is 11.2 Å². The van der Waals surface area contributed by atoms with Crippen LogP contribution >= 0.6 is 0 Å². The van der Waals surface area contributed by atoms with Gasteiger partial charge in [-0.1, -0.05) is 145 Å². The van der Waals surface area contributed by atoms with Crippen molar-refractivity contribution in [3.05, 3.63) is 242 Å². The molecule has 0 spiro atoms. The summed E-state index contributed by atoms with van der Waals surface area (Å²) in [5.74, 6) is 0. The molecule has 0 saturated heterocycles. The van der Waals surface area contributed by atoms with Crippen LogP contribution < -0.4 is 9.80 Å². The van der Waals surface area contributed by atoms with Crippen LogP contribution in [0, 0.1) is 13.8 Å². The number of fused-ring (bicyclic) bond motifs is 9. The van der Waals surface area contributed by atoms with Crippen molar-refractivity contribution in [3.63, 3.8) is 0 Å². The molecule has 0 bridgehead atoms. The molecular weight excluding hydrogens is 829 g/mol. The van der Waals surface area contributed by atoms with Gasteiger partial charge < -0.3 is 18.6 Å². The molecule has 0 atom stereocenters. The van der Waals surface area contributed by atoms with Crippen LogP contribution in [0.1, 0.15) is 11.1 Å². The van der Waals surface area contributed by atoms with Crippen LogP contribution in [0.3, 0.4) is 0 Å². The lowest BCUT2D eigenvalue weighted by Gasteiger charge is -2.28. The third kappa shape index (κ3) is 6.68. The van der Waals surface area contributed by atoms with Crippen molar-refractivity contribution in [2.24, 2.45) is 0 Å². The number of furan rings is 2. The van der Waals surface area contributed by atoms with Crippen molar-refractivity contribution in [3.8, 4) is 22.3 Å². The maximum absolute atomic E-state index is 6.85. The van der Waals surface area contributed by atoms with Gasteiger partial charge in [0, 0.05) is 55.4 Å². The molecule has 0 aliphatic heterocycles. The molecular formula is C64H44N2O2. The molecule has 0 unspecified atom stereocenters. The van der Waals surface area contributed by atoms with Crippen molar-refractivity contribution in [2.75, 3.05) is 9.80 Å². The zero-order valence-electron chi connectivity index (χ0n) is 37.7. The fourth-order valence-corrected chi connectivity index (χ4v) is 10.1. The minimum absolute atomic E-state index is 0.759. The van der Waals surface area contributed by atoms with E-state index in [2.05, 4.69) is 254 Å². The molecule has 0 fully saturated rings. The number of anilines is 6. The lowest BCUT2D eigenvalue weighted by Crippen LogP contribution is -2.11. The Hall–Kier alpha value is -8.86. The Morgan fingerprint density at radius 1 is 0.294 bits per heavy atom. The molecule has 0 radical (unpaired) electrons. The second-order valence-electron chi connectivity index (χ2n) is 17.9. The third-order valence-corrected chi connectivity index (χ3v) is 13.5. The highest BCUT2D eigenvalue weighted by Gasteiger charge is 2.22. The van der Waals surface area contributed by atoms with Crippen molar-refractivity contribution in [1.82, 2.24) is 0 Å². The first-order chi connectivity index (χ1) is 33.5. The number of hydrogen-bond donors (Lipinski definition) is 0. The summed E-state index contributed by atoms with van der Waals surface area (Å²) >= 11 is 0. The summed E-state index contributed by atoms with van der Waals surface area (Å²) in [4.78, 5) is 4.72. The minimum Gasteiger partial charge on any atom is -0.452 e. The van der Waals surface area contributed by atoms with E-state index in [4.69, 9.17) is 8.83 Å². The van der Waals surface area contributed by atoms with Crippen LogP contribution in [-0.2, 0) is 0 Å². The summed E-state index contributed by atoms with van der Waals surface area (Å²) in [5, 5.41) is 8.67. The summed E-state index contributed by atoms with van der Waals surface area (Å²) in [6, 6.07) is 82.8. The second-order valence-corrected chi connectivity index (χ2v) is 17.9. The molecule has 4 heteroatoms. The van der Waals surface area contributed by atoms with Crippen LogP contribution in [0.15, 0.2) is 239 Å². The molecule has 0 aliphatic carbocycles. The van der Waals surface area contributed by atoms with E-state index < -0.39 is 0 Å². The van der Waals surface area contributed by atoms with E-state index in [1.165, 1.54) is 33.4 Å². The number of nitrogens with zero attached hydrogens (tertiary/aromatic N) is 2. The molecule has 4 nitrogen and oxygen atoms in total. The molecule has 0 aliphatic rings. The van der Waals surface area contributed by atoms with E-state index in [0.29, 0.717) is 0 Å². The van der Waals surface area contributed by atoms with E-state index >= 15 is 0 Å². The monoisotopic (exact) mass is 872 g/mol. The highest BCUT2D eigenvalue weighted by molar-refractivity contribution is 6.21. The average Bonchev–Trinajstić information content (AvgIpc) is 3.94. The maximum Gasteiger partial charge on any atom is 0.178 e. The van der Waals surface area contributed by atoms with Crippen LogP contribution in [0.2, 0.25) is 0 Å². The van der Waals surface area contributed by atoms with E-state index in [0.717, 1.165) is 99.5 Å². The Bertz CT molecular complexity index is 3770. The van der Waals surface area contributed by atoms with Gasteiger partial charge in [-0.15, -0.1) is 0 Å². The molecule has 0 saturated carbocycles. The average molecular weight is 873 g/mol. The molecule has 11 aromatic carbocycles. The van der Waals surface area contributed by atoms with Gasteiger partial charge in [0.2, 0.25) is 0 Å². The smallest absolute Gasteiger partial charge is 0.178 e. The van der Waals surface area contributed by atoms with E-state index in [9.17, 15) is 0 Å². The normalized spacial score (nSPS) is 11.7. The lowest BCUT2D eigenvalue weighted by atomic mass is 10.0. The van der Waals surface area contributed by atoms with Gasteiger partial charge in [0.05, 0.1) is 11.4 Å². The number of para-hydroxylation sites is 2. The fourth-order valence-electron chi connectivity index (χ4n) is 10.1. The molecule has 13 aromatic rings. The first kappa shape index (κ1) is 39.5. The molecule has 13 rings (SSSR count). The number of benzene rings is 11. The van der Waals surface area contributed by atoms with Crippen molar-refractivity contribution in [2.45, 2.75) is 13.8 Å². The summed E-state index contributed by atoms with van der Waals surface area (Å²) in [6.45, 7) is 4.26. The van der Waals surface area contributed by atoms with Crippen LogP contribution in [-0.4, -0.2) is 0 Å². The van der Waals surface area contributed by atoms with Gasteiger partial charge in [0.25, 0.3) is 0 Å². The molecule has 2 heterocycles. The van der Waals surface area contributed by atoms with Gasteiger partial charge in [-0.05, 0) is 144 Å². The van der Waals surface area contributed by atoms with Crippen molar-refractivity contribution in [1.29, 1.82) is 0 Å². The molecule has 0 amide bonds. The van der Waals surface area contributed by atoms with E-state index in [1.807, 2.05) is 0 Å². The lowest BCUT2D eigenvalue weighted by molar-refractivity contribution is 0.634. The van der Waals surface area contributed by atoms with Crippen molar-refractivity contribution < 1.29 is 8.83 Å². The standard InChI is InChI=1S/C64H44N2O2/c1-41-21-27-49(28-22-41)65(59-19-11-9-17-53(59)43-13-5-3-6-14-43)51-31-25-45-37-57-55-33-34-56-58-38-46-26-32-52(36-48(46)40-62(58)68-64(56)63(55)67-61(57)39-47(45)35-51)66(50-29-23-42(2)24-30-50)60-20-12-10-18-54(60)44-15-7-4-8-16-44/h3-40H,1-2H3. The predicted molar refractivity (Wildman–Crippen MR) is 286 cm³/mol. The molecule has 2 aromatic heterocycles. The highest BCUT2D eigenvalue weighted by atomic mass is 16.4. The summed E-state index contributed by atoms with van der Waals surface area (Å²) in [5.41, 5.74) is 16.8. The van der Waals surface area contributed by atoms with E-state index in [1.54, 1.807) is 0 Å². The molecule has 322 valence electrons. The predicted octanol–water partition coefficient (Wildman–Crippen LogP) is 18.7. The molecule has 68 heavy (non-hydrogen) atoms. The van der Waals surface area contributed by atoms with Gasteiger partial charge in [-0.3, -0.25) is 0 Å². The summed E-state index contributed by atoms with van der Waals surface area (Å²) in [6.07, 6.45) is 0. The largest absolute Gasteiger partial charge is 0.452 e. The zero-order chi connectivity index (χ0) is 45.3. The Morgan fingerprint density at radius 2 is 0.676 bits per heavy atom. The molecule has 0 N–H and O–H groups in total. The first-order valence-electron chi connectivity index (χ1n) is 23.2. The van der Waals surface area contributed by atoms with Crippen LogP contribution in [0.4, 0.5) is 34.1 Å². The highest BCUT2D eigenvalue weighted by Crippen LogP contribution is 2.46. The number of rotatable bonds is 8. The van der Waals surface area contributed by atoms with Gasteiger partial charge in [-0.2, -0.15) is 0 Å². The summed E-state index contributed by atoms with van der Waals surface area (Å²) < 4.78 is 13.7. The first-order valence-corrected chi connectivity index (χ1v) is 23.2. The Balaban J connectivity index is 0.925. The SMILES string of the molecule is Cc1ccc(N(c2ccc3cc4c(cc3c2)oc2c4ccc3c4cc5ccc(N(c6ccc(C)cc6)c6ccccc6-c6ccccc6)cc5cc4oc32)c2ccccc2-c2ccccc2)cc1. The Kier molecular flexibility index (Phi) is 9.26. The van der Waals surface area contributed by atoms with Crippen molar-refractivity contribution >= 4 is 99.5 Å². The minimum atomic E-state index is 0.759.